The van der Waals surface area contributed by atoms with Crippen LogP contribution in [0.5, 0.6) is 0 Å². The van der Waals surface area contributed by atoms with Crippen LogP contribution in [0.1, 0.15) is 29.4 Å². The molecule has 0 aliphatic heterocycles. The van der Waals surface area contributed by atoms with Crippen molar-refractivity contribution in [3.8, 4) is 0 Å². The molecule has 0 bridgehead atoms. The Bertz CT molecular complexity index is 610. The van der Waals surface area contributed by atoms with Gasteiger partial charge < -0.3 is 10.2 Å². The molecule has 0 aromatic carbocycles. The molecule has 4 nitrogen and oxygen atoms in total. The lowest BCUT2D eigenvalue weighted by molar-refractivity contribution is 0.466. The van der Waals surface area contributed by atoms with Gasteiger partial charge in [0.05, 0.1) is 17.2 Å². The number of rotatable bonds is 7. The SMILES string of the molecule is CCNC(=NCC(C)Cc1cccs1)N(C)Cc1csc(C)n1.I. The molecule has 0 aliphatic rings. The summed E-state index contributed by atoms with van der Waals surface area (Å²) >= 11 is 3.52. The second-order valence-electron chi connectivity index (χ2n) is 5.80. The minimum absolute atomic E-state index is 0. The quantitative estimate of drug-likeness (QED) is 0.364. The number of hydrogen-bond acceptors (Lipinski definition) is 4. The zero-order valence-electron chi connectivity index (χ0n) is 14.8. The highest BCUT2D eigenvalue weighted by atomic mass is 127. The first-order valence-electron chi connectivity index (χ1n) is 8.01. The molecule has 1 unspecified atom stereocenters. The molecule has 0 aliphatic carbocycles. The minimum Gasteiger partial charge on any atom is -0.357 e. The predicted octanol–water partition coefficient (Wildman–Crippen LogP) is 4.41. The van der Waals surface area contributed by atoms with E-state index in [0.29, 0.717) is 5.92 Å². The van der Waals surface area contributed by atoms with Gasteiger partial charge in [-0.05, 0) is 37.6 Å². The lowest BCUT2D eigenvalue weighted by Crippen LogP contribution is -2.38. The molecule has 1 N–H and O–H groups in total. The van der Waals surface area contributed by atoms with Crippen LogP contribution < -0.4 is 5.32 Å². The monoisotopic (exact) mass is 478 g/mol. The number of halogens is 1. The lowest BCUT2D eigenvalue weighted by atomic mass is 10.1. The van der Waals surface area contributed by atoms with Gasteiger partial charge in [0, 0.05) is 30.4 Å². The van der Waals surface area contributed by atoms with Crippen LogP contribution in [-0.4, -0.2) is 36.0 Å². The third-order valence-corrected chi connectivity index (χ3v) is 5.17. The molecule has 0 fully saturated rings. The standard InChI is InChI=1S/C17H26N4S2.HI/c1-5-18-17(21(4)11-15-12-23-14(3)20-15)19-10-13(2)9-16-7-6-8-22-16;/h6-8,12-13H,5,9-11H2,1-4H3,(H,18,19);1H. The van der Waals surface area contributed by atoms with E-state index >= 15 is 0 Å². The highest BCUT2D eigenvalue weighted by Gasteiger charge is 2.10. The maximum Gasteiger partial charge on any atom is 0.194 e. The van der Waals surface area contributed by atoms with Gasteiger partial charge in [-0.2, -0.15) is 0 Å². The van der Waals surface area contributed by atoms with Crippen LogP contribution in [0, 0.1) is 12.8 Å². The largest absolute Gasteiger partial charge is 0.357 e. The van der Waals surface area contributed by atoms with Gasteiger partial charge in [-0.25, -0.2) is 4.98 Å². The Morgan fingerprint density at radius 2 is 2.21 bits per heavy atom. The number of aryl methyl sites for hydroxylation is 1. The number of guanidine groups is 1. The van der Waals surface area contributed by atoms with Crippen LogP contribution >= 0.6 is 46.7 Å². The molecule has 134 valence electrons. The van der Waals surface area contributed by atoms with Gasteiger partial charge in [0.2, 0.25) is 0 Å². The van der Waals surface area contributed by atoms with Crippen LogP contribution in [0.4, 0.5) is 0 Å². The van der Waals surface area contributed by atoms with Gasteiger partial charge in [0.25, 0.3) is 0 Å². The Hall–Kier alpha value is -0.670. The van der Waals surface area contributed by atoms with E-state index in [1.807, 2.05) is 18.3 Å². The van der Waals surface area contributed by atoms with E-state index in [0.717, 1.165) is 42.7 Å². The van der Waals surface area contributed by atoms with E-state index < -0.39 is 0 Å². The number of thiazole rings is 1. The molecule has 0 amide bonds. The van der Waals surface area contributed by atoms with E-state index in [-0.39, 0.29) is 24.0 Å². The van der Waals surface area contributed by atoms with E-state index in [4.69, 9.17) is 4.99 Å². The van der Waals surface area contributed by atoms with Crippen LogP contribution in [0.3, 0.4) is 0 Å². The summed E-state index contributed by atoms with van der Waals surface area (Å²) in [5, 5.41) is 8.75. The van der Waals surface area contributed by atoms with Crippen molar-refractivity contribution in [3.63, 3.8) is 0 Å². The second-order valence-corrected chi connectivity index (χ2v) is 7.89. The molecule has 2 rings (SSSR count). The number of hydrogen-bond donors (Lipinski definition) is 1. The molecule has 0 saturated heterocycles. The van der Waals surface area contributed by atoms with Gasteiger partial charge in [-0.1, -0.05) is 13.0 Å². The third-order valence-electron chi connectivity index (χ3n) is 3.44. The maximum atomic E-state index is 4.81. The number of nitrogens with one attached hydrogen (secondary N) is 1. The summed E-state index contributed by atoms with van der Waals surface area (Å²) in [7, 11) is 2.07. The smallest absolute Gasteiger partial charge is 0.194 e. The lowest BCUT2D eigenvalue weighted by Gasteiger charge is -2.21. The van der Waals surface area contributed by atoms with Gasteiger partial charge in [0.15, 0.2) is 5.96 Å². The van der Waals surface area contributed by atoms with Crippen molar-refractivity contribution in [2.24, 2.45) is 10.9 Å². The average Bonchev–Trinajstić information content (AvgIpc) is 3.15. The molecule has 2 heterocycles. The van der Waals surface area contributed by atoms with Crippen LogP contribution in [0.15, 0.2) is 27.9 Å². The Morgan fingerprint density at radius 3 is 2.79 bits per heavy atom. The summed E-state index contributed by atoms with van der Waals surface area (Å²) in [6.07, 6.45) is 1.09. The van der Waals surface area contributed by atoms with Crippen LogP contribution in [0.2, 0.25) is 0 Å². The Kier molecular flexibility index (Phi) is 9.84. The molecule has 24 heavy (non-hydrogen) atoms. The van der Waals surface area contributed by atoms with Crippen molar-refractivity contribution >= 4 is 52.6 Å². The number of aromatic nitrogens is 1. The topological polar surface area (TPSA) is 40.5 Å². The minimum atomic E-state index is 0. The molecule has 2 aromatic heterocycles. The van der Waals surface area contributed by atoms with Crippen LogP contribution in [0.25, 0.3) is 0 Å². The van der Waals surface area contributed by atoms with Crippen molar-refractivity contribution < 1.29 is 0 Å². The van der Waals surface area contributed by atoms with E-state index in [9.17, 15) is 0 Å². The van der Waals surface area contributed by atoms with Crippen LogP contribution in [-0.2, 0) is 13.0 Å². The second kappa shape index (κ2) is 11.0. The van der Waals surface area contributed by atoms with Gasteiger partial charge in [-0.3, -0.25) is 4.99 Å². The highest BCUT2D eigenvalue weighted by Crippen LogP contribution is 2.15. The molecule has 0 spiro atoms. The molecular weight excluding hydrogens is 451 g/mol. The first kappa shape index (κ1) is 21.4. The summed E-state index contributed by atoms with van der Waals surface area (Å²) < 4.78 is 0. The molecular formula is C17H27IN4S2. The predicted molar refractivity (Wildman–Crippen MR) is 117 cm³/mol. The van der Waals surface area contributed by atoms with Gasteiger partial charge in [-0.15, -0.1) is 46.7 Å². The fourth-order valence-electron chi connectivity index (χ4n) is 2.35. The number of aliphatic imine (C=N–C) groups is 1. The van der Waals surface area contributed by atoms with E-state index in [1.54, 1.807) is 11.3 Å². The Labute approximate surface area is 170 Å². The fraction of sp³-hybridized carbons (Fsp3) is 0.529. The molecule has 0 radical (unpaired) electrons. The number of thiophene rings is 1. The molecule has 7 heteroatoms. The average molecular weight is 478 g/mol. The molecule has 2 aromatic rings. The van der Waals surface area contributed by atoms with Crippen molar-refractivity contribution in [1.29, 1.82) is 0 Å². The summed E-state index contributed by atoms with van der Waals surface area (Å²) in [5.41, 5.74) is 1.10. The molecule has 1 atom stereocenters. The number of nitrogens with zero attached hydrogens (tertiary/aromatic N) is 3. The van der Waals surface area contributed by atoms with E-state index in [2.05, 4.69) is 59.0 Å². The summed E-state index contributed by atoms with van der Waals surface area (Å²) in [6, 6.07) is 4.32. The van der Waals surface area contributed by atoms with E-state index in [1.165, 1.54) is 4.88 Å². The zero-order chi connectivity index (χ0) is 16.7. The summed E-state index contributed by atoms with van der Waals surface area (Å²) in [5.74, 6) is 1.49. The third kappa shape index (κ3) is 7.06. The Morgan fingerprint density at radius 1 is 1.42 bits per heavy atom. The fourth-order valence-corrected chi connectivity index (χ4v) is 3.82. The van der Waals surface area contributed by atoms with Gasteiger partial charge >= 0.3 is 0 Å². The first-order valence-corrected chi connectivity index (χ1v) is 9.77. The normalized spacial score (nSPS) is 12.6. The molecule has 0 saturated carbocycles. The summed E-state index contributed by atoms with van der Waals surface area (Å²) in [6.45, 7) is 8.90. The first-order chi connectivity index (χ1) is 11.1. The Balaban J connectivity index is 0.00000288. The van der Waals surface area contributed by atoms with Gasteiger partial charge in [0.1, 0.15) is 0 Å². The van der Waals surface area contributed by atoms with Crippen molar-refractivity contribution in [2.45, 2.75) is 33.7 Å². The summed E-state index contributed by atoms with van der Waals surface area (Å²) in [4.78, 5) is 12.9. The van der Waals surface area contributed by atoms with Crippen molar-refractivity contribution in [1.82, 2.24) is 15.2 Å². The highest BCUT2D eigenvalue weighted by molar-refractivity contribution is 14.0. The van der Waals surface area contributed by atoms with Crippen molar-refractivity contribution in [3.05, 3.63) is 38.5 Å². The zero-order valence-corrected chi connectivity index (χ0v) is 18.7. The van der Waals surface area contributed by atoms with Crippen molar-refractivity contribution in [2.75, 3.05) is 20.1 Å². The maximum absolute atomic E-state index is 4.81.